The van der Waals surface area contributed by atoms with Crippen molar-refractivity contribution in [1.82, 2.24) is 20.2 Å². The van der Waals surface area contributed by atoms with Gasteiger partial charge in [0.15, 0.2) is 6.23 Å². The Balaban J connectivity index is 2.20. The fourth-order valence-corrected chi connectivity index (χ4v) is 0.761. The molecule has 2 heterocycles. The van der Waals surface area contributed by atoms with Gasteiger partial charge in [-0.2, -0.15) is 5.10 Å². The van der Waals surface area contributed by atoms with Gasteiger partial charge in [0.1, 0.15) is 12.7 Å². The van der Waals surface area contributed by atoms with Crippen LogP contribution in [0.1, 0.15) is 6.23 Å². The maximum absolute atomic E-state index is 5.00. The Morgan fingerprint density at radius 3 is 3.20 bits per heavy atom. The predicted octanol–water partition coefficient (Wildman–Crippen LogP) is -0.175. The van der Waals surface area contributed by atoms with E-state index in [1.807, 2.05) is 6.08 Å². The first-order valence-corrected chi connectivity index (χ1v) is 2.89. The quantitative estimate of drug-likeness (QED) is 0.585. The molecule has 1 aliphatic heterocycles. The van der Waals surface area contributed by atoms with E-state index in [9.17, 15) is 0 Å². The van der Waals surface area contributed by atoms with Crippen molar-refractivity contribution in [2.45, 2.75) is 6.23 Å². The second kappa shape index (κ2) is 2.11. The van der Waals surface area contributed by atoms with Crippen molar-refractivity contribution in [3.8, 4) is 0 Å². The molecule has 0 fully saturated rings. The highest BCUT2D eigenvalue weighted by Crippen LogP contribution is 2.09. The van der Waals surface area contributed by atoms with Gasteiger partial charge in [0.05, 0.1) is 0 Å². The number of hydrogen-bond acceptors (Lipinski definition) is 4. The SMILES string of the molecule is C1=CC(n2cncn2)ON1. The molecule has 1 aliphatic rings. The van der Waals surface area contributed by atoms with Crippen LogP contribution in [0, 0.1) is 0 Å². The number of rotatable bonds is 1. The Morgan fingerprint density at radius 2 is 2.60 bits per heavy atom. The molecular weight excluding hydrogens is 132 g/mol. The van der Waals surface area contributed by atoms with E-state index in [2.05, 4.69) is 15.6 Å². The van der Waals surface area contributed by atoms with Gasteiger partial charge in [-0.25, -0.2) is 14.5 Å². The molecular formula is C5H6N4O. The van der Waals surface area contributed by atoms with Gasteiger partial charge in [0.2, 0.25) is 0 Å². The van der Waals surface area contributed by atoms with Crippen LogP contribution < -0.4 is 5.48 Å². The standard InChI is InChI=1S/C5H6N4O/c1-2-8-10-5(1)9-4-6-3-7-9/h1-5,8H. The summed E-state index contributed by atoms with van der Waals surface area (Å²) >= 11 is 0. The first-order valence-electron chi connectivity index (χ1n) is 2.89. The van der Waals surface area contributed by atoms with Crippen LogP contribution in [-0.2, 0) is 4.84 Å². The van der Waals surface area contributed by atoms with E-state index in [4.69, 9.17) is 4.84 Å². The number of aromatic nitrogens is 3. The first-order chi connectivity index (χ1) is 4.97. The van der Waals surface area contributed by atoms with Gasteiger partial charge in [-0.3, -0.25) is 5.48 Å². The monoisotopic (exact) mass is 138 g/mol. The smallest absolute Gasteiger partial charge is 0.198 e. The van der Waals surface area contributed by atoms with Gasteiger partial charge < -0.3 is 0 Å². The van der Waals surface area contributed by atoms with E-state index >= 15 is 0 Å². The van der Waals surface area contributed by atoms with E-state index in [1.165, 1.54) is 6.33 Å². The number of nitrogens with zero attached hydrogens (tertiary/aromatic N) is 3. The van der Waals surface area contributed by atoms with Crippen molar-refractivity contribution in [3.05, 3.63) is 24.9 Å². The molecule has 0 saturated heterocycles. The predicted molar refractivity (Wildman–Crippen MR) is 32.4 cm³/mol. The summed E-state index contributed by atoms with van der Waals surface area (Å²) in [5.74, 6) is 0. The lowest BCUT2D eigenvalue weighted by Gasteiger charge is -2.04. The van der Waals surface area contributed by atoms with Gasteiger partial charge in [0.25, 0.3) is 0 Å². The minimum atomic E-state index is -0.150. The van der Waals surface area contributed by atoms with E-state index in [0.717, 1.165) is 0 Å². The van der Waals surface area contributed by atoms with Crippen molar-refractivity contribution in [3.63, 3.8) is 0 Å². The van der Waals surface area contributed by atoms with Crippen LogP contribution in [0.5, 0.6) is 0 Å². The van der Waals surface area contributed by atoms with E-state index < -0.39 is 0 Å². The zero-order chi connectivity index (χ0) is 6.81. The summed E-state index contributed by atoms with van der Waals surface area (Å²) in [4.78, 5) is 8.77. The summed E-state index contributed by atoms with van der Waals surface area (Å²) in [7, 11) is 0. The summed E-state index contributed by atoms with van der Waals surface area (Å²) in [6.07, 6.45) is 6.47. The van der Waals surface area contributed by atoms with Crippen LogP contribution in [0.2, 0.25) is 0 Å². The summed E-state index contributed by atoms with van der Waals surface area (Å²) in [6.45, 7) is 0. The Labute approximate surface area is 57.3 Å². The lowest BCUT2D eigenvalue weighted by atomic mass is 10.5. The second-order valence-corrected chi connectivity index (χ2v) is 1.86. The third-order valence-corrected chi connectivity index (χ3v) is 1.22. The van der Waals surface area contributed by atoms with Crippen molar-refractivity contribution in [1.29, 1.82) is 0 Å². The van der Waals surface area contributed by atoms with Crippen LogP contribution in [0.15, 0.2) is 24.9 Å². The van der Waals surface area contributed by atoms with Crippen molar-refractivity contribution >= 4 is 0 Å². The molecule has 1 N–H and O–H groups in total. The third-order valence-electron chi connectivity index (χ3n) is 1.22. The molecule has 5 heteroatoms. The lowest BCUT2D eigenvalue weighted by Crippen LogP contribution is -2.11. The molecule has 52 valence electrons. The molecule has 0 aromatic carbocycles. The first kappa shape index (κ1) is 5.43. The molecule has 1 aromatic rings. The normalized spacial score (nSPS) is 23.0. The van der Waals surface area contributed by atoms with E-state index in [-0.39, 0.29) is 6.23 Å². The van der Waals surface area contributed by atoms with Crippen molar-refractivity contribution in [2.75, 3.05) is 0 Å². The Bertz CT molecular complexity index is 230. The Hall–Kier alpha value is -1.36. The number of hydrogen-bond donors (Lipinski definition) is 1. The number of nitrogens with one attached hydrogen (secondary N) is 1. The molecule has 0 saturated carbocycles. The molecule has 1 aromatic heterocycles. The summed E-state index contributed by atoms with van der Waals surface area (Å²) in [5, 5.41) is 3.89. The number of hydroxylamine groups is 1. The van der Waals surface area contributed by atoms with Crippen LogP contribution in [0.3, 0.4) is 0 Å². The van der Waals surface area contributed by atoms with Crippen molar-refractivity contribution in [2.24, 2.45) is 0 Å². The fraction of sp³-hybridized carbons (Fsp3) is 0.200. The molecule has 0 radical (unpaired) electrons. The van der Waals surface area contributed by atoms with Crippen LogP contribution in [0.4, 0.5) is 0 Å². The molecule has 2 rings (SSSR count). The zero-order valence-electron chi connectivity index (χ0n) is 5.14. The molecule has 0 aliphatic carbocycles. The maximum Gasteiger partial charge on any atom is 0.198 e. The second-order valence-electron chi connectivity index (χ2n) is 1.86. The van der Waals surface area contributed by atoms with Gasteiger partial charge in [0, 0.05) is 6.20 Å². The molecule has 1 atom stereocenters. The van der Waals surface area contributed by atoms with Crippen LogP contribution in [0.25, 0.3) is 0 Å². The van der Waals surface area contributed by atoms with Gasteiger partial charge >= 0.3 is 0 Å². The molecule has 0 spiro atoms. The summed E-state index contributed by atoms with van der Waals surface area (Å²) < 4.78 is 1.61. The van der Waals surface area contributed by atoms with E-state index in [0.29, 0.717) is 0 Å². The third kappa shape index (κ3) is 0.763. The minimum absolute atomic E-state index is 0.150. The highest BCUT2D eigenvalue weighted by molar-refractivity contribution is 4.88. The molecule has 0 bridgehead atoms. The average Bonchev–Trinajstić information content (AvgIpc) is 2.59. The zero-order valence-corrected chi connectivity index (χ0v) is 5.14. The topological polar surface area (TPSA) is 52.0 Å². The highest BCUT2D eigenvalue weighted by Gasteiger charge is 2.10. The maximum atomic E-state index is 5.00. The van der Waals surface area contributed by atoms with Gasteiger partial charge in [-0.15, -0.1) is 0 Å². The summed E-state index contributed by atoms with van der Waals surface area (Å²) in [6, 6.07) is 0. The lowest BCUT2D eigenvalue weighted by molar-refractivity contribution is -0.00223. The van der Waals surface area contributed by atoms with Crippen molar-refractivity contribution < 1.29 is 4.84 Å². The summed E-state index contributed by atoms with van der Waals surface area (Å²) in [5.41, 5.74) is 2.59. The van der Waals surface area contributed by atoms with Gasteiger partial charge in [-0.1, -0.05) is 0 Å². The largest absolute Gasteiger partial charge is 0.272 e. The van der Waals surface area contributed by atoms with E-state index in [1.54, 1.807) is 17.2 Å². The molecule has 1 unspecified atom stereocenters. The molecule has 0 amide bonds. The average molecular weight is 138 g/mol. The van der Waals surface area contributed by atoms with Gasteiger partial charge in [-0.05, 0) is 6.08 Å². The highest BCUT2D eigenvalue weighted by atomic mass is 16.7. The molecule has 10 heavy (non-hydrogen) atoms. The van der Waals surface area contributed by atoms with Crippen LogP contribution in [-0.4, -0.2) is 14.8 Å². The molecule has 5 nitrogen and oxygen atoms in total. The fourth-order valence-electron chi connectivity index (χ4n) is 0.761. The Kier molecular flexibility index (Phi) is 1.14. The Morgan fingerprint density at radius 1 is 1.60 bits per heavy atom. The minimum Gasteiger partial charge on any atom is -0.272 e. The van der Waals surface area contributed by atoms with Crippen LogP contribution >= 0.6 is 0 Å².